The van der Waals surface area contributed by atoms with Crippen LogP contribution < -0.4 is 0 Å². The van der Waals surface area contributed by atoms with Crippen LogP contribution in [0, 0.1) is 5.82 Å². The molecule has 0 unspecified atom stereocenters. The average molecular weight is 264 g/mol. The van der Waals surface area contributed by atoms with Gasteiger partial charge in [0.15, 0.2) is 0 Å². The monoisotopic (exact) mass is 264 g/mol. The second-order valence-corrected chi connectivity index (χ2v) is 5.72. The Hall–Kier alpha value is -1.18. The molecular formula is C17H25FO. The number of ketones is 1. The Bertz CT molecular complexity index is 392. The molecular weight excluding hydrogens is 239 g/mol. The molecule has 0 heterocycles. The van der Waals surface area contributed by atoms with Crippen LogP contribution in [-0.4, -0.2) is 5.78 Å². The van der Waals surface area contributed by atoms with Crippen molar-refractivity contribution in [3.8, 4) is 0 Å². The molecule has 0 saturated carbocycles. The van der Waals surface area contributed by atoms with E-state index in [1.807, 2.05) is 13.8 Å². The van der Waals surface area contributed by atoms with Gasteiger partial charge in [-0.1, -0.05) is 44.7 Å². The molecule has 106 valence electrons. The minimum Gasteiger partial charge on any atom is -0.299 e. The van der Waals surface area contributed by atoms with E-state index in [2.05, 4.69) is 6.92 Å². The number of rotatable bonds is 8. The molecule has 0 N–H and O–H groups in total. The fourth-order valence-corrected chi connectivity index (χ4v) is 2.23. The highest BCUT2D eigenvalue weighted by Crippen LogP contribution is 2.26. The molecule has 0 spiro atoms. The largest absolute Gasteiger partial charge is 0.299 e. The van der Waals surface area contributed by atoms with E-state index in [9.17, 15) is 9.18 Å². The molecule has 1 aromatic carbocycles. The van der Waals surface area contributed by atoms with Gasteiger partial charge in [0.1, 0.15) is 11.6 Å². The minimum atomic E-state index is -0.515. The van der Waals surface area contributed by atoms with E-state index in [0.717, 1.165) is 18.4 Å². The van der Waals surface area contributed by atoms with Gasteiger partial charge in [0, 0.05) is 11.8 Å². The van der Waals surface area contributed by atoms with Crippen LogP contribution in [0.15, 0.2) is 24.3 Å². The SMILES string of the molecule is CCCCCCCC(=O)C(C)(C)c1ccc(F)cc1. The van der Waals surface area contributed by atoms with Crippen LogP contribution in [0.1, 0.15) is 64.9 Å². The standard InChI is InChI=1S/C17H25FO/c1-4-5-6-7-8-9-16(19)17(2,3)14-10-12-15(18)13-11-14/h10-13H,4-9H2,1-3H3. The van der Waals surface area contributed by atoms with Crippen molar-refractivity contribution in [1.82, 2.24) is 0 Å². The number of hydrogen-bond acceptors (Lipinski definition) is 1. The van der Waals surface area contributed by atoms with Gasteiger partial charge in [-0.3, -0.25) is 4.79 Å². The highest BCUT2D eigenvalue weighted by molar-refractivity contribution is 5.89. The summed E-state index contributed by atoms with van der Waals surface area (Å²) in [5, 5.41) is 0. The second-order valence-electron chi connectivity index (χ2n) is 5.72. The fourth-order valence-electron chi connectivity index (χ4n) is 2.23. The van der Waals surface area contributed by atoms with E-state index >= 15 is 0 Å². The first kappa shape index (κ1) is 15.9. The summed E-state index contributed by atoms with van der Waals surface area (Å²) in [4.78, 5) is 12.3. The van der Waals surface area contributed by atoms with Gasteiger partial charge in [-0.05, 0) is 38.0 Å². The van der Waals surface area contributed by atoms with Crippen LogP contribution in [0.3, 0.4) is 0 Å². The number of hydrogen-bond donors (Lipinski definition) is 0. The second kappa shape index (κ2) is 7.42. The molecule has 0 amide bonds. The normalized spacial score (nSPS) is 11.6. The summed E-state index contributed by atoms with van der Waals surface area (Å²) in [6.45, 7) is 6.03. The number of benzene rings is 1. The molecule has 0 aliphatic carbocycles. The Kier molecular flexibility index (Phi) is 6.20. The topological polar surface area (TPSA) is 17.1 Å². The maximum Gasteiger partial charge on any atom is 0.142 e. The first-order chi connectivity index (χ1) is 8.98. The van der Waals surface area contributed by atoms with Crippen LogP contribution in [0.2, 0.25) is 0 Å². The molecule has 2 heteroatoms. The molecule has 0 aromatic heterocycles. The molecule has 0 atom stereocenters. The summed E-state index contributed by atoms with van der Waals surface area (Å²) in [7, 11) is 0. The molecule has 1 rings (SSSR count). The maximum atomic E-state index is 12.9. The minimum absolute atomic E-state index is 0.246. The van der Waals surface area contributed by atoms with Crippen molar-refractivity contribution in [2.45, 2.75) is 64.7 Å². The fraction of sp³-hybridized carbons (Fsp3) is 0.588. The third kappa shape index (κ3) is 4.77. The van der Waals surface area contributed by atoms with Gasteiger partial charge < -0.3 is 0 Å². The maximum absolute atomic E-state index is 12.9. The van der Waals surface area contributed by atoms with E-state index in [1.165, 1.54) is 31.4 Å². The van der Waals surface area contributed by atoms with Gasteiger partial charge in [-0.2, -0.15) is 0 Å². The first-order valence-corrected chi connectivity index (χ1v) is 7.28. The number of Topliss-reactive ketones (excluding diaryl/α,β-unsaturated/α-hetero) is 1. The lowest BCUT2D eigenvalue weighted by Crippen LogP contribution is -2.28. The molecule has 19 heavy (non-hydrogen) atoms. The van der Waals surface area contributed by atoms with E-state index in [-0.39, 0.29) is 11.6 Å². The molecule has 0 saturated heterocycles. The highest BCUT2D eigenvalue weighted by atomic mass is 19.1. The Morgan fingerprint density at radius 3 is 2.21 bits per heavy atom. The summed E-state index contributed by atoms with van der Waals surface area (Å²) in [5.41, 5.74) is 0.380. The number of unbranched alkanes of at least 4 members (excludes halogenated alkanes) is 4. The molecule has 1 aromatic rings. The van der Waals surface area contributed by atoms with E-state index in [4.69, 9.17) is 0 Å². The zero-order chi connectivity index (χ0) is 14.3. The third-order valence-corrected chi connectivity index (χ3v) is 3.77. The van der Waals surface area contributed by atoms with Crippen LogP contribution in [0.5, 0.6) is 0 Å². The quantitative estimate of drug-likeness (QED) is 0.602. The summed E-state index contributed by atoms with van der Waals surface area (Å²) in [5.74, 6) is -0.0119. The highest BCUT2D eigenvalue weighted by Gasteiger charge is 2.28. The molecule has 0 aliphatic heterocycles. The molecule has 0 radical (unpaired) electrons. The summed E-state index contributed by atoms with van der Waals surface area (Å²) in [6, 6.07) is 6.27. The van der Waals surface area contributed by atoms with Crippen LogP contribution in [0.25, 0.3) is 0 Å². The zero-order valence-corrected chi connectivity index (χ0v) is 12.3. The van der Waals surface area contributed by atoms with Gasteiger partial charge in [0.25, 0.3) is 0 Å². The van der Waals surface area contributed by atoms with Crippen molar-refractivity contribution in [2.24, 2.45) is 0 Å². The lowest BCUT2D eigenvalue weighted by molar-refractivity contribution is -0.123. The van der Waals surface area contributed by atoms with Crippen LogP contribution in [-0.2, 0) is 10.2 Å². The van der Waals surface area contributed by atoms with E-state index < -0.39 is 5.41 Å². The lowest BCUT2D eigenvalue weighted by atomic mass is 9.79. The van der Waals surface area contributed by atoms with Crippen molar-refractivity contribution < 1.29 is 9.18 Å². The average Bonchev–Trinajstić information content (AvgIpc) is 2.38. The number of halogens is 1. The smallest absolute Gasteiger partial charge is 0.142 e. The Morgan fingerprint density at radius 2 is 1.63 bits per heavy atom. The van der Waals surface area contributed by atoms with Gasteiger partial charge in [-0.15, -0.1) is 0 Å². The Morgan fingerprint density at radius 1 is 1.05 bits per heavy atom. The predicted molar refractivity (Wildman–Crippen MR) is 77.8 cm³/mol. The van der Waals surface area contributed by atoms with Crippen molar-refractivity contribution >= 4 is 5.78 Å². The van der Waals surface area contributed by atoms with Crippen molar-refractivity contribution in [3.05, 3.63) is 35.6 Å². The number of carbonyl (C=O) groups excluding carboxylic acids is 1. The van der Waals surface area contributed by atoms with Crippen molar-refractivity contribution in [2.75, 3.05) is 0 Å². The molecule has 0 aliphatic rings. The Balaban J connectivity index is 2.52. The molecule has 0 bridgehead atoms. The van der Waals surface area contributed by atoms with Gasteiger partial charge in [0.05, 0.1) is 0 Å². The van der Waals surface area contributed by atoms with Gasteiger partial charge in [-0.25, -0.2) is 4.39 Å². The first-order valence-electron chi connectivity index (χ1n) is 7.28. The lowest BCUT2D eigenvalue weighted by Gasteiger charge is -2.23. The zero-order valence-electron chi connectivity index (χ0n) is 12.3. The summed E-state index contributed by atoms with van der Waals surface area (Å²) < 4.78 is 12.9. The Labute approximate surface area is 116 Å². The third-order valence-electron chi connectivity index (χ3n) is 3.77. The molecule has 0 fully saturated rings. The van der Waals surface area contributed by atoms with Crippen LogP contribution in [0.4, 0.5) is 4.39 Å². The summed E-state index contributed by atoms with van der Waals surface area (Å²) >= 11 is 0. The van der Waals surface area contributed by atoms with Gasteiger partial charge in [0.2, 0.25) is 0 Å². The number of carbonyl (C=O) groups is 1. The summed E-state index contributed by atoms with van der Waals surface area (Å²) in [6.07, 6.45) is 6.38. The van der Waals surface area contributed by atoms with Gasteiger partial charge >= 0.3 is 0 Å². The molecule has 1 nitrogen and oxygen atoms in total. The van der Waals surface area contributed by atoms with E-state index in [1.54, 1.807) is 12.1 Å². The predicted octanol–water partition coefficient (Wildman–Crippen LogP) is 5.03. The van der Waals surface area contributed by atoms with E-state index in [0.29, 0.717) is 6.42 Å². The van der Waals surface area contributed by atoms with Crippen LogP contribution >= 0.6 is 0 Å². The van der Waals surface area contributed by atoms with Crippen molar-refractivity contribution in [3.63, 3.8) is 0 Å². The van der Waals surface area contributed by atoms with Crippen molar-refractivity contribution in [1.29, 1.82) is 0 Å².